The lowest BCUT2D eigenvalue weighted by molar-refractivity contribution is 0.452. The number of benzene rings is 2. The Balaban J connectivity index is 1.96. The molecule has 1 aliphatic heterocycles. The predicted molar refractivity (Wildman–Crippen MR) is 145 cm³/mol. The van der Waals surface area contributed by atoms with Gasteiger partial charge in [0, 0.05) is 6.54 Å². The van der Waals surface area contributed by atoms with Crippen LogP contribution in [-0.2, 0) is 19.9 Å². The monoisotopic (exact) mass is 525 g/mol. The van der Waals surface area contributed by atoms with Crippen LogP contribution in [0.4, 0.5) is 0 Å². The number of fused-ring (bicyclic) bond motifs is 1. The zero-order chi connectivity index (χ0) is 25.9. The molecule has 0 N–H and O–H groups in total. The molecule has 0 fully saturated rings. The summed E-state index contributed by atoms with van der Waals surface area (Å²) in [5.41, 5.74) is 4.82. The Bertz CT molecular complexity index is 1410. The lowest BCUT2D eigenvalue weighted by Gasteiger charge is -2.34. The van der Waals surface area contributed by atoms with Gasteiger partial charge < -0.3 is 0 Å². The lowest BCUT2D eigenvalue weighted by atomic mass is 9.87. The van der Waals surface area contributed by atoms with E-state index >= 15 is 0 Å². The first-order valence-corrected chi connectivity index (χ1v) is 15.6. The van der Waals surface area contributed by atoms with E-state index < -0.39 is 19.9 Å². The lowest BCUT2D eigenvalue weighted by Crippen LogP contribution is -2.40. The van der Waals surface area contributed by atoms with Crippen molar-refractivity contribution < 1.29 is 16.8 Å². The minimum atomic E-state index is -3.92. The van der Waals surface area contributed by atoms with Crippen LogP contribution in [0.5, 0.6) is 0 Å². The number of hydrogen-bond acceptors (Lipinski definition) is 4. The minimum Gasteiger partial charge on any atom is -0.219 e. The number of aryl methyl sites for hydroxylation is 1. The molecule has 36 heavy (non-hydrogen) atoms. The van der Waals surface area contributed by atoms with Crippen LogP contribution in [0.25, 0.3) is 0 Å². The summed E-state index contributed by atoms with van der Waals surface area (Å²) in [5, 5.41) is 0. The molecule has 2 aromatic rings. The highest BCUT2D eigenvalue weighted by atomic mass is 32.2. The van der Waals surface area contributed by atoms with Crippen molar-refractivity contribution >= 4 is 19.9 Å². The van der Waals surface area contributed by atoms with Crippen molar-refractivity contribution in [3.05, 3.63) is 93.4 Å². The van der Waals surface area contributed by atoms with E-state index in [1.165, 1.54) is 9.88 Å². The molecule has 0 atom stereocenters. The molecule has 5 nitrogen and oxygen atoms in total. The van der Waals surface area contributed by atoms with Crippen molar-refractivity contribution in [1.29, 1.82) is 0 Å². The van der Waals surface area contributed by atoms with Crippen molar-refractivity contribution in [2.75, 3.05) is 13.1 Å². The van der Waals surface area contributed by atoms with Crippen molar-refractivity contribution in [2.24, 2.45) is 0 Å². The molecular formula is C29H35NO4S2. The number of nitrogens with zero attached hydrogens (tertiary/aromatic N) is 1. The Morgan fingerprint density at radius 2 is 1.53 bits per heavy atom. The third-order valence-electron chi connectivity index (χ3n) is 7.02. The van der Waals surface area contributed by atoms with Crippen LogP contribution in [0.3, 0.4) is 0 Å². The average molecular weight is 526 g/mol. The number of hydrogen-bond donors (Lipinski definition) is 0. The summed E-state index contributed by atoms with van der Waals surface area (Å²) >= 11 is 0. The first kappa shape index (κ1) is 26.6. The molecule has 0 amide bonds. The number of sulfonamides is 1. The Morgan fingerprint density at radius 3 is 2.19 bits per heavy atom. The molecule has 4 rings (SSSR count). The molecule has 0 radical (unpaired) electrons. The van der Waals surface area contributed by atoms with Gasteiger partial charge in [0.25, 0.3) is 0 Å². The summed E-state index contributed by atoms with van der Waals surface area (Å²) < 4.78 is 56.9. The van der Waals surface area contributed by atoms with Crippen LogP contribution in [0.2, 0.25) is 0 Å². The molecule has 0 saturated heterocycles. The van der Waals surface area contributed by atoms with E-state index in [9.17, 15) is 16.8 Å². The van der Waals surface area contributed by atoms with Gasteiger partial charge in [0.15, 0.2) is 0 Å². The smallest absolute Gasteiger partial charge is 0.219 e. The van der Waals surface area contributed by atoms with E-state index in [1.54, 1.807) is 54.6 Å². The second-order valence-corrected chi connectivity index (χ2v) is 13.7. The summed E-state index contributed by atoms with van der Waals surface area (Å²) in [6.45, 7) is 6.07. The van der Waals surface area contributed by atoms with Gasteiger partial charge in [-0.3, -0.25) is 0 Å². The van der Waals surface area contributed by atoms with Crippen LogP contribution in [-0.4, -0.2) is 34.2 Å². The molecule has 2 aliphatic rings. The highest BCUT2D eigenvalue weighted by Gasteiger charge is 2.38. The summed E-state index contributed by atoms with van der Waals surface area (Å²) in [6, 6.07) is 15.1. The SMILES string of the molecule is CCCC/C1=C2\CN(S(=O)(=O)c3ccc(C)cc3)CC(S(=O)(=O)c3ccccc3)=C2/C=C(/C)CCC1. The molecule has 0 saturated carbocycles. The molecule has 7 heteroatoms. The van der Waals surface area contributed by atoms with Gasteiger partial charge >= 0.3 is 0 Å². The van der Waals surface area contributed by atoms with Crippen LogP contribution in [0.1, 0.15) is 57.9 Å². The summed E-state index contributed by atoms with van der Waals surface area (Å²) in [4.78, 5) is 0.534. The van der Waals surface area contributed by atoms with E-state index in [1.807, 2.05) is 19.9 Å². The maximum Gasteiger partial charge on any atom is 0.243 e. The van der Waals surface area contributed by atoms with Crippen LogP contribution in [0.15, 0.2) is 97.7 Å². The Kier molecular flexibility index (Phi) is 8.03. The zero-order valence-electron chi connectivity index (χ0n) is 21.3. The van der Waals surface area contributed by atoms with Crippen molar-refractivity contribution in [2.45, 2.75) is 69.1 Å². The maximum atomic E-state index is 14.0. The van der Waals surface area contributed by atoms with E-state index in [0.29, 0.717) is 5.57 Å². The van der Waals surface area contributed by atoms with E-state index in [-0.39, 0.29) is 27.8 Å². The first-order chi connectivity index (χ1) is 17.1. The van der Waals surface area contributed by atoms with Gasteiger partial charge in [-0.25, -0.2) is 16.8 Å². The Hall–Kier alpha value is -2.48. The van der Waals surface area contributed by atoms with Gasteiger partial charge in [-0.1, -0.05) is 66.5 Å². The quantitative estimate of drug-likeness (QED) is 0.423. The number of allylic oxidation sites excluding steroid dienone is 3. The summed E-state index contributed by atoms with van der Waals surface area (Å²) in [6.07, 6.45) is 7.57. The molecule has 0 unspecified atom stereocenters. The van der Waals surface area contributed by atoms with Crippen LogP contribution < -0.4 is 0 Å². The van der Waals surface area contributed by atoms with Gasteiger partial charge in [0.05, 0.1) is 21.2 Å². The largest absolute Gasteiger partial charge is 0.243 e. The molecule has 0 bridgehead atoms. The second-order valence-electron chi connectivity index (χ2n) is 9.77. The van der Waals surface area contributed by atoms with Gasteiger partial charge in [-0.2, -0.15) is 4.31 Å². The molecule has 1 aliphatic carbocycles. The van der Waals surface area contributed by atoms with Crippen LogP contribution in [0, 0.1) is 6.92 Å². The Labute approximate surface area is 216 Å². The zero-order valence-corrected chi connectivity index (χ0v) is 23.0. The minimum absolute atomic E-state index is 0.167. The third-order valence-corrected chi connectivity index (χ3v) is 10.7. The molecule has 0 aromatic heterocycles. The Morgan fingerprint density at radius 1 is 0.833 bits per heavy atom. The molecule has 1 heterocycles. The summed E-state index contributed by atoms with van der Waals surface area (Å²) in [7, 11) is -7.82. The highest BCUT2D eigenvalue weighted by molar-refractivity contribution is 7.95. The molecular weight excluding hydrogens is 490 g/mol. The van der Waals surface area contributed by atoms with E-state index in [4.69, 9.17) is 0 Å². The van der Waals surface area contributed by atoms with Crippen molar-refractivity contribution in [1.82, 2.24) is 4.31 Å². The topological polar surface area (TPSA) is 71.5 Å². The fraction of sp³-hybridized carbons (Fsp3) is 0.379. The fourth-order valence-electron chi connectivity index (χ4n) is 4.92. The van der Waals surface area contributed by atoms with E-state index in [0.717, 1.165) is 55.2 Å². The third kappa shape index (κ3) is 5.43. The normalized spacial score (nSPS) is 21.4. The van der Waals surface area contributed by atoms with Gasteiger partial charge in [0.1, 0.15) is 0 Å². The first-order valence-electron chi connectivity index (χ1n) is 12.6. The van der Waals surface area contributed by atoms with Crippen molar-refractivity contribution in [3.63, 3.8) is 0 Å². The van der Waals surface area contributed by atoms with Gasteiger partial charge in [-0.05, 0) is 81.4 Å². The fourth-order valence-corrected chi connectivity index (χ4v) is 7.97. The average Bonchev–Trinajstić information content (AvgIpc) is 2.85. The molecule has 192 valence electrons. The number of sulfone groups is 1. The number of unbranched alkanes of at least 4 members (excludes halogenated alkanes) is 1. The van der Waals surface area contributed by atoms with E-state index in [2.05, 4.69) is 6.92 Å². The standard InChI is InChI=1S/C29H35NO4S2/c1-4-5-11-24-12-9-10-23(3)19-27-28(24)20-30(36(33,34)26-17-15-22(2)16-18-26)21-29(27)35(31,32)25-13-7-6-8-14-25/h6-8,13-19H,4-5,9-12,20-21H2,1-3H3/b23-19-,28-24-. The second kappa shape index (κ2) is 10.9. The van der Waals surface area contributed by atoms with Crippen molar-refractivity contribution in [3.8, 4) is 0 Å². The molecule has 2 aromatic carbocycles. The predicted octanol–water partition coefficient (Wildman–Crippen LogP) is 6.34. The maximum absolute atomic E-state index is 14.0. The van der Waals surface area contributed by atoms with Gasteiger partial charge in [-0.15, -0.1) is 0 Å². The van der Waals surface area contributed by atoms with Crippen LogP contribution >= 0.6 is 0 Å². The highest BCUT2D eigenvalue weighted by Crippen LogP contribution is 2.39. The van der Waals surface area contributed by atoms with Gasteiger partial charge in [0.2, 0.25) is 19.9 Å². The molecule has 0 spiro atoms. The summed E-state index contributed by atoms with van der Waals surface area (Å²) in [5.74, 6) is 0. The number of rotatable bonds is 7.